The predicted octanol–water partition coefficient (Wildman–Crippen LogP) is 3.68. The fourth-order valence-electron chi connectivity index (χ4n) is 2.36. The molecule has 2 aromatic rings. The summed E-state index contributed by atoms with van der Waals surface area (Å²) in [5.41, 5.74) is -1.68. The van der Waals surface area contributed by atoms with Gasteiger partial charge in [0, 0.05) is 17.1 Å². The molecule has 0 bridgehead atoms. The number of carbonyl (C=O) groups is 1. The van der Waals surface area contributed by atoms with Crippen LogP contribution in [-0.4, -0.2) is 26.2 Å². The Balaban J connectivity index is 2.08. The van der Waals surface area contributed by atoms with Gasteiger partial charge in [0.05, 0.1) is 7.11 Å². The third-order valence-corrected chi connectivity index (χ3v) is 3.98. The molecule has 1 atom stereocenters. The minimum Gasteiger partial charge on any atom is -0.492 e. The van der Waals surface area contributed by atoms with Crippen molar-refractivity contribution in [1.29, 1.82) is 0 Å². The Kier molecular flexibility index (Phi) is 6.33. The Bertz CT molecular complexity index is 740. The molecule has 2 aromatic carbocycles. The van der Waals surface area contributed by atoms with Crippen LogP contribution in [0.1, 0.15) is 12.5 Å². The number of halogens is 3. The lowest BCUT2D eigenvalue weighted by Crippen LogP contribution is -2.49. The minimum atomic E-state index is -1.55. The predicted molar refractivity (Wildman–Crippen MR) is 90.7 cm³/mol. The largest absolute Gasteiger partial charge is 0.492 e. The highest BCUT2D eigenvalue weighted by Gasteiger charge is 2.38. The molecular weight excluding hydrogens is 352 g/mol. The second kappa shape index (κ2) is 8.27. The number of benzene rings is 2. The zero-order valence-electron chi connectivity index (χ0n) is 13.8. The van der Waals surface area contributed by atoms with E-state index in [2.05, 4.69) is 5.32 Å². The lowest BCUT2D eigenvalue weighted by Gasteiger charge is -2.29. The average molecular weight is 370 g/mol. The van der Waals surface area contributed by atoms with Gasteiger partial charge in [0.2, 0.25) is 0 Å². The first-order valence-electron chi connectivity index (χ1n) is 7.54. The van der Waals surface area contributed by atoms with Crippen LogP contribution in [-0.2, 0) is 15.1 Å². The number of methoxy groups -OCH3 is 1. The number of ether oxygens (including phenoxy) is 2. The van der Waals surface area contributed by atoms with Gasteiger partial charge in [0.1, 0.15) is 29.5 Å². The minimum absolute atomic E-state index is 0.133. The van der Waals surface area contributed by atoms with Crippen molar-refractivity contribution in [3.05, 3.63) is 64.7 Å². The molecule has 0 aliphatic heterocycles. The van der Waals surface area contributed by atoms with Crippen LogP contribution in [0.4, 0.5) is 8.78 Å². The standard InChI is InChI=1S/C18H18ClF2NO3/c1-18(17(23)24-2,15-11-13(20)5-8-16(15)21)22-9-10-25-14-6-3-12(19)4-7-14/h3-8,11,22H,9-10H2,1-2H3. The van der Waals surface area contributed by atoms with Crippen LogP contribution in [0, 0.1) is 11.6 Å². The summed E-state index contributed by atoms with van der Waals surface area (Å²) in [6.45, 7) is 1.83. The summed E-state index contributed by atoms with van der Waals surface area (Å²) in [4.78, 5) is 12.2. The molecule has 1 unspecified atom stereocenters. The molecule has 4 nitrogen and oxygen atoms in total. The van der Waals surface area contributed by atoms with E-state index in [9.17, 15) is 13.6 Å². The van der Waals surface area contributed by atoms with E-state index in [0.717, 1.165) is 18.2 Å². The van der Waals surface area contributed by atoms with Crippen molar-refractivity contribution < 1.29 is 23.0 Å². The van der Waals surface area contributed by atoms with Gasteiger partial charge in [-0.05, 0) is 49.4 Å². The zero-order valence-corrected chi connectivity index (χ0v) is 14.6. The molecule has 7 heteroatoms. The van der Waals surface area contributed by atoms with E-state index in [1.54, 1.807) is 24.3 Å². The molecule has 0 saturated carbocycles. The topological polar surface area (TPSA) is 47.6 Å². The first-order valence-corrected chi connectivity index (χ1v) is 7.92. The molecule has 0 aliphatic rings. The highest BCUT2D eigenvalue weighted by atomic mass is 35.5. The van der Waals surface area contributed by atoms with E-state index in [1.165, 1.54) is 14.0 Å². The lowest BCUT2D eigenvalue weighted by molar-refractivity contribution is -0.148. The Morgan fingerprint density at radius 1 is 1.20 bits per heavy atom. The molecule has 0 fully saturated rings. The smallest absolute Gasteiger partial charge is 0.330 e. The summed E-state index contributed by atoms with van der Waals surface area (Å²) in [6.07, 6.45) is 0. The van der Waals surface area contributed by atoms with E-state index in [4.69, 9.17) is 21.1 Å². The normalized spacial score (nSPS) is 13.2. The van der Waals surface area contributed by atoms with Crippen LogP contribution in [0.15, 0.2) is 42.5 Å². The van der Waals surface area contributed by atoms with E-state index in [-0.39, 0.29) is 18.7 Å². The first kappa shape index (κ1) is 19.1. The third-order valence-electron chi connectivity index (χ3n) is 3.72. The number of hydrogen-bond donors (Lipinski definition) is 1. The fourth-order valence-corrected chi connectivity index (χ4v) is 2.49. The molecule has 1 N–H and O–H groups in total. The molecule has 0 amide bonds. The van der Waals surface area contributed by atoms with Crippen LogP contribution in [0.3, 0.4) is 0 Å². The van der Waals surface area contributed by atoms with E-state index < -0.39 is 23.1 Å². The van der Waals surface area contributed by atoms with Crippen LogP contribution in [0.2, 0.25) is 5.02 Å². The molecule has 0 spiro atoms. The molecule has 134 valence electrons. The molecular formula is C18H18ClF2NO3. The summed E-state index contributed by atoms with van der Waals surface area (Å²) < 4.78 is 37.9. The van der Waals surface area contributed by atoms with Crippen molar-refractivity contribution in [2.75, 3.05) is 20.3 Å². The third kappa shape index (κ3) is 4.67. The Morgan fingerprint density at radius 3 is 2.52 bits per heavy atom. The number of carbonyl (C=O) groups excluding carboxylic acids is 1. The van der Waals surface area contributed by atoms with Gasteiger partial charge in [-0.25, -0.2) is 13.6 Å². The zero-order chi connectivity index (χ0) is 18.4. The van der Waals surface area contributed by atoms with Crippen LogP contribution < -0.4 is 10.1 Å². The number of hydrogen-bond acceptors (Lipinski definition) is 4. The van der Waals surface area contributed by atoms with Gasteiger partial charge < -0.3 is 9.47 Å². The van der Waals surface area contributed by atoms with Crippen molar-refractivity contribution in [3.8, 4) is 5.75 Å². The Hall–Kier alpha value is -2.18. The lowest BCUT2D eigenvalue weighted by atomic mass is 9.91. The van der Waals surface area contributed by atoms with Gasteiger partial charge in [-0.2, -0.15) is 0 Å². The van der Waals surface area contributed by atoms with Gasteiger partial charge in [0.25, 0.3) is 0 Å². The highest BCUT2D eigenvalue weighted by Crippen LogP contribution is 2.26. The first-order chi connectivity index (χ1) is 11.9. The monoisotopic (exact) mass is 369 g/mol. The molecule has 0 radical (unpaired) electrons. The van der Waals surface area contributed by atoms with Gasteiger partial charge in [-0.3, -0.25) is 5.32 Å². The molecule has 0 aromatic heterocycles. The van der Waals surface area contributed by atoms with Gasteiger partial charge >= 0.3 is 5.97 Å². The second-order valence-corrected chi connectivity index (χ2v) is 5.91. The van der Waals surface area contributed by atoms with E-state index in [1.807, 2.05) is 0 Å². The summed E-state index contributed by atoms with van der Waals surface area (Å²) in [5, 5.41) is 3.47. The number of esters is 1. The van der Waals surface area contributed by atoms with Crippen LogP contribution >= 0.6 is 11.6 Å². The maximum atomic E-state index is 14.1. The Morgan fingerprint density at radius 2 is 1.88 bits per heavy atom. The molecule has 25 heavy (non-hydrogen) atoms. The van der Waals surface area contributed by atoms with Gasteiger partial charge in [-0.1, -0.05) is 11.6 Å². The number of rotatable bonds is 7. The molecule has 0 heterocycles. The summed E-state index contributed by atoms with van der Waals surface area (Å²) in [6, 6.07) is 9.70. The van der Waals surface area contributed by atoms with Crippen molar-refractivity contribution in [2.45, 2.75) is 12.5 Å². The SMILES string of the molecule is COC(=O)C(C)(NCCOc1ccc(Cl)cc1)c1cc(F)ccc1F. The maximum Gasteiger partial charge on any atom is 0.330 e. The van der Waals surface area contributed by atoms with Crippen molar-refractivity contribution in [1.82, 2.24) is 5.32 Å². The molecule has 2 rings (SSSR count). The molecule has 0 aliphatic carbocycles. The number of nitrogens with one attached hydrogen (secondary N) is 1. The Labute approximate surface area is 149 Å². The quantitative estimate of drug-likeness (QED) is 0.597. The highest BCUT2D eigenvalue weighted by molar-refractivity contribution is 6.30. The summed E-state index contributed by atoms with van der Waals surface area (Å²) in [5.74, 6) is -1.49. The summed E-state index contributed by atoms with van der Waals surface area (Å²) in [7, 11) is 1.18. The van der Waals surface area contributed by atoms with Crippen molar-refractivity contribution in [2.24, 2.45) is 0 Å². The fraction of sp³-hybridized carbons (Fsp3) is 0.278. The van der Waals surface area contributed by atoms with Crippen molar-refractivity contribution in [3.63, 3.8) is 0 Å². The van der Waals surface area contributed by atoms with E-state index in [0.29, 0.717) is 10.8 Å². The van der Waals surface area contributed by atoms with Crippen molar-refractivity contribution >= 4 is 17.6 Å². The average Bonchev–Trinajstić information content (AvgIpc) is 2.61. The van der Waals surface area contributed by atoms with Crippen LogP contribution in [0.5, 0.6) is 5.75 Å². The summed E-state index contributed by atoms with van der Waals surface area (Å²) >= 11 is 5.79. The van der Waals surface area contributed by atoms with Gasteiger partial charge in [0.15, 0.2) is 0 Å². The second-order valence-electron chi connectivity index (χ2n) is 5.47. The molecule has 0 saturated heterocycles. The van der Waals surface area contributed by atoms with Gasteiger partial charge in [-0.15, -0.1) is 0 Å². The van der Waals surface area contributed by atoms with Crippen LogP contribution in [0.25, 0.3) is 0 Å². The van der Waals surface area contributed by atoms with E-state index >= 15 is 0 Å². The maximum absolute atomic E-state index is 14.1.